The molecule has 0 aliphatic carbocycles. The number of hydrogen-bond acceptors (Lipinski definition) is 4. The van der Waals surface area contributed by atoms with Crippen LogP contribution in [-0.2, 0) is 6.42 Å². The zero-order valence-electron chi connectivity index (χ0n) is 10.7. The number of benzene rings is 2. The quantitative estimate of drug-likeness (QED) is 0.698. The summed E-state index contributed by atoms with van der Waals surface area (Å²) < 4.78 is 5.65. The third kappa shape index (κ3) is 2.25. The number of oxazole rings is 1. The van der Waals surface area contributed by atoms with E-state index in [1.165, 1.54) is 5.56 Å². The van der Waals surface area contributed by atoms with Gasteiger partial charge in [-0.25, -0.2) is 0 Å². The smallest absolute Gasteiger partial charge is 0.300 e. The molecule has 0 amide bonds. The molecular weight excluding hydrogens is 238 g/mol. The molecule has 96 valence electrons. The predicted octanol–water partition coefficient (Wildman–Crippen LogP) is 3.72. The number of nitrogens with one attached hydrogen (secondary N) is 1. The number of nitrogens with two attached hydrogens (primary N) is 1. The minimum Gasteiger partial charge on any atom is -0.423 e. The molecule has 0 fully saturated rings. The lowest BCUT2D eigenvalue weighted by Gasteiger charge is -2.06. The van der Waals surface area contributed by atoms with Gasteiger partial charge >= 0.3 is 0 Å². The highest BCUT2D eigenvalue weighted by Crippen LogP contribution is 2.25. The monoisotopic (exact) mass is 253 g/mol. The van der Waals surface area contributed by atoms with Crippen molar-refractivity contribution >= 4 is 28.5 Å². The van der Waals surface area contributed by atoms with Crippen LogP contribution in [0.15, 0.2) is 46.9 Å². The Bertz CT molecular complexity index is 718. The molecule has 0 spiro atoms. The first-order valence-corrected chi connectivity index (χ1v) is 6.27. The van der Waals surface area contributed by atoms with Crippen molar-refractivity contribution < 1.29 is 4.42 Å². The summed E-state index contributed by atoms with van der Waals surface area (Å²) in [5, 5.41) is 3.21. The van der Waals surface area contributed by atoms with Crippen LogP contribution in [-0.4, -0.2) is 4.98 Å². The number of fused-ring (bicyclic) bond motifs is 1. The Morgan fingerprint density at radius 1 is 1.21 bits per heavy atom. The minimum absolute atomic E-state index is 0.488. The molecular formula is C15H15N3O. The first-order valence-electron chi connectivity index (χ1n) is 6.27. The van der Waals surface area contributed by atoms with E-state index >= 15 is 0 Å². The van der Waals surface area contributed by atoms with Gasteiger partial charge in [-0.15, -0.1) is 0 Å². The highest BCUT2D eigenvalue weighted by Gasteiger charge is 2.07. The zero-order chi connectivity index (χ0) is 13.2. The number of aryl methyl sites for hydroxylation is 1. The number of rotatable bonds is 3. The summed E-state index contributed by atoms with van der Waals surface area (Å²) in [5.74, 6) is 0. The van der Waals surface area contributed by atoms with Gasteiger partial charge in [0.15, 0.2) is 5.58 Å². The molecule has 1 aromatic heterocycles. The number of para-hydroxylation sites is 1. The van der Waals surface area contributed by atoms with Gasteiger partial charge in [-0.05, 0) is 36.2 Å². The summed E-state index contributed by atoms with van der Waals surface area (Å²) in [7, 11) is 0. The second-order valence-electron chi connectivity index (χ2n) is 4.38. The Balaban J connectivity index is 1.96. The van der Waals surface area contributed by atoms with Crippen molar-refractivity contribution in [3.63, 3.8) is 0 Å². The average molecular weight is 253 g/mol. The van der Waals surface area contributed by atoms with E-state index in [0.29, 0.717) is 11.7 Å². The number of nitrogens with zero attached hydrogens (tertiary/aromatic N) is 1. The standard InChI is InChI=1S/C15H15N3O/c1-2-10-5-3-4-6-12(10)17-15-18-13-9-11(16)7-8-14(13)19-15/h3-9H,2,16H2,1H3,(H,17,18). The van der Waals surface area contributed by atoms with Crippen LogP contribution in [0.3, 0.4) is 0 Å². The van der Waals surface area contributed by atoms with Crippen molar-refractivity contribution in [1.29, 1.82) is 0 Å². The van der Waals surface area contributed by atoms with E-state index < -0.39 is 0 Å². The molecule has 3 aromatic rings. The van der Waals surface area contributed by atoms with Crippen LogP contribution in [0, 0.1) is 0 Å². The SMILES string of the molecule is CCc1ccccc1Nc1nc2cc(N)ccc2o1. The fourth-order valence-corrected chi connectivity index (χ4v) is 2.06. The van der Waals surface area contributed by atoms with Crippen molar-refractivity contribution in [1.82, 2.24) is 4.98 Å². The van der Waals surface area contributed by atoms with E-state index in [-0.39, 0.29) is 0 Å². The molecule has 0 aliphatic heterocycles. The van der Waals surface area contributed by atoms with Gasteiger partial charge in [0, 0.05) is 11.4 Å². The van der Waals surface area contributed by atoms with Crippen molar-refractivity contribution in [3.8, 4) is 0 Å². The molecule has 3 N–H and O–H groups in total. The topological polar surface area (TPSA) is 64.1 Å². The van der Waals surface area contributed by atoms with Crippen LogP contribution in [0.4, 0.5) is 17.4 Å². The van der Waals surface area contributed by atoms with E-state index in [1.54, 1.807) is 12.1 Å². The molecule has 19 heavy (non-hydrogen) atoms. The summed E-state index contributed by atoms with van der Waals surface area (Å²) in [6.45, 7) is 2.12. The first-order chi connectivity index (χ1) is 9.26. The van der Waals surface area contributed by atoms with Crippen molar-refractivity contribution in [2.75, 3.05) is 11.1 Å². The number of aromatic nitrogens is 1. The summed E-state index contributed by atoms with van der Waals surface area (Å²) in [6, 6.07) is 14.0. The van der Waals surface area contributed by atoms with Gasteiger partial charge in [0.1, 0.15) is 5.52 Å². The summed E-state index contributed by atoms with van der Waals surface area (Å²) in [4.78, 5) is 4.39. The summed E-state index contributed by atoms with van der Waals surface area (Å²) in [5.41, 5.74) is 10.1. The molecule has 0 saturated heterocycles. The fraction of sp³-hybridized carbons (Fsp3) is 0.133. The van der Waals surface area contributed by atoms with Gasteiger partial charge in [-0.3, -0.25) is 0 Å². The van der Waals surface area contributed by atoms with Crippen molar-refractivity contribution in [2.45, 2.75) is 13.3 Å². The molecule has 0 saturated carbocycles. The van der Waals surface area contributed by atoms with Gasteiger partial charge < -0.3 is 15.5 Å². The third-order valence-corrected chi connectivity index (χ3v) is 3.05. The lowest BCUT2D eigenvalue weighted by atomic mass is 10.1. The maximum absolute atomic E-state index is 5.73. The Morgan fingerprint density at radius 3 is 2.89 bits per heavy atom. The Hall–Kier alpha value is -2.49. The Kier molecular flexibility index (Phi) is 2.83. The molecule has 0 aliphatic rings. The first kappa shape index (κ1) is 11.6. The highest BCUT2D eigenvalue weighted by molar-refractivity contribution is 5.79. The summed E-state index contributed by atoms with van der Waals surface area (Å²) >= 11 is 0. The van der Waals surface area contributed by atoms with Crippen LogP contribution >= 0.6 is 0 Å². The maximum atomic E-state index is 5.73. The molecule has 0 atom stereocenters. The van der Waals surface area contributed by atoms with Crippen LogP contribution in [0.2, 0.25) is 0 Å². The van der Waals surface area contributed by atoms with E-state index in [1.807, 2.05) is 24.3 Å². The van der Waals surface area contributed by atoms with Gasteiger partial charge in [0.25, 0.3) is 6.01 Å². The van der Waals surface area contributed by atoms with Crippen LogP contribution in [0.25, 0.3) is 11.1 Å². The van der Waals surface area contributed by atoms with Gasteiger partial charge in [0.05, 0.1) is 0 Å². The molecule has 2 aromatic carbocycles. The van der Waals surface area contributed by atoms with Crippen LogP contribution < -0.4 is 11.1 Å². The van der Waals surface area contributed by atoms with Crippen LogP contribution in [0.5, 0.6) is 0 Å². The van der Waals surface area contributed by atoms with Gasteiger partial charge in [-0.1, -0.05) is 25.1 Å². The maximum Gasteiger partial charge on any atom is 0.300 e. The second kappa shape index (κ2) is 4.65. The number of anilines is 3. The fourth-order valence-electron chi connectivity index (χ4n) is 2.06. The zero-order valence-corrected chi connectivity index (χ0v) is 10.7. The molecule has 4 heteroatoms. The molecule has 0 unspecified atom stereocenters. The molecule has 3 rings (SSSR count). The Labute approximate surface area is 111 Å². The lowest BCUT2D eigenvalue weighted by Crippen LogP contribution is -1.94. The minimum atomic E-state index is 0.488. The lowest BCUT2D eigenvalue weighted by molar-refractivity contribution is 0.623. The van der Waals surface area contributed by atoms with E-state index in [9.17, 15) is 0 Å². The normalized spacial score (nSPS) is 10.8. The van der Waals surface area contributed by atoms with E-state index in [0.717, 1.165) is 23.2 Å². The van der Waals surface area contributed by atoms with E-state index in [2.05, 4.69) is 23.3 Å². The van der Waals surface area contributed by atoms with Gasteiger partial charge in [-0.2, -0.15) is 4.98 Å². The highest BCUT2D eigenvalue weighted by atomic mass is 16.4. The molecule has 0 radical (unpaired) electrons. The summed E-state index contributed by atoms with van der Waals surface area (Å²) in [6.07, 6.45) is 0.955. The third-order valence-electron chi connectivity index (χ3n) is 3.05. The van der Waals surface area contributed by atoms with Crippen LogP contribution in [0.1, 0.15) is 12.5 Å². The Morgan fingerprint density at radius 2 is 2.05 bits per heavy atom. The van der Waals surface area contributed by atoms with E-state index in [4.69, 9.17) is 10.2 Å². The number of hydrogen-bond donors (Lipinski definition) is 2. The molecule has 1 heterocycles. The largest absolute Gasteiger partial charge is 0.423 e. The number of nitrogen functional groups attached to an aromatic ring is 1. The predicted molar refractivity (Wildman–Crippen MR) is 77.5 cm³/mol. The van der Waals surface area contributed by atoms with Crippen molar-refractivity contribution in [2.24, 2.45) is 0 Å². The average Bonchev–Trinajstić information content (AvgIpc) is 2.80. The van der Waals surface area contributed by atoms with Crippen molar-refractivity contribution in [3.05, 3.63) is 48.0 Å². The van der Waals surface area contributed by atoms with Gasteiger partial charge in [0.2, 0.25) is 0 Å². The molecule has 4 nitrogen and oxygen atoms in total. The molecule has 0 bridgehead atoms. The second-order valence-corrected chi connectivity index (χ2v) is 4.38.